The number of hydrazone groups is 1. The number of para-hydroxylation sites is 1. The number of hydrogen-bond acceptors (Lipinski definition) is 4. The van der Waals surface area contributed by atoms with Gasteiger partial charge in [-0.3, -0.25) is 9.69 Å². The highest BCUT2D eigenvalue weighted by Gasteiger charge is 2.59. The van der Waals surface area contributed by atoms with Gasteiger partial charge in [0, 0.05) is 36.3 Å². The van der Waals surface area contributed by atoms with Gasteiger partial charge in [0.1, 0.15) is 5.41 Å². The summed E-state index contributed by atoms with van der Waals surface area (Å²) in [6.07, 6.45) is 0.666. The zero-order valence-electron chi connectivity index (χ0n) is 19.2. The quantitative estimate of drug-likeness (QED) is 0.487. The number of halogens is 1. The number of anilines is 2. The third-order valence-corrected chi connectivity index (χ3v) is 8.07. The van der Waals surface area contributed by atoms with Crippen molar-refractivity contribution in [3.63, 3.8) is 0 Å². The van der Waals surface area contributed by atoms with Crippen molar-refractivity contribution in [1.82, 2.24) is 4.90 Å². The van der Waals surface area contributed by atoms with Crippen LogP contribution >= 0.6 is 15.9 Å². The first-order valence-corrected chi connectivity index (χ1v) is 12.6. The summed E-state index contributed by atoms with van der Waals surface area (Å²) < 4.78 is 1.04. The summed E-state index contributed by atoms with van der Waals surface area (Å²) in [5.41, 5.74) is 4.81. The van der Waals surface area contributed by atoms with Gasteiger partial charge in [-0.25, -0.2) is 0 Å². The van der Waals surface area contributed by atoms with Crippen molar-refractivity contribution in [2.24, 2.45) is 10.5 Å². The molecule has 2 atom stereocenters. The van der Waals surface area contributed by atoms with E-state index < -0.39 is 5.41 Å². The van der Waals surface area contributed by atoms with Crippen LogP contribution in [0.1, 0.15) is 18.1 Å². The summed E-state index contributed by atoms with van der Waals surface area (Å²) in [4.78, 5) is 19.2. The number of carbonyl (C=O) groups is 1. The smallest absolute Gasteiger partial charge is 0.261 e. The molecule has 3 aromatic rings. The van der Waals surface area contributed by atoms with Crippen LogP contribution in [0.5, 0.6) is 0 Å². The molecule has 0 radical (unpaired) electrons. The van der Waals surface area contributed by atoms with Crippen LogP contribution in [0.25, 0.3) is 0 Å². The molecule has 0 N–H and O–H groups in total. The molecule has 1 amide bonds. The third-order valence-electron chi connectivity index (χ3n) is 7.57. The molecule has 1 saturated heterocycles. The Morgan fingerprint density at radius 3 is 2.50 bits per heavy atom. The molecule has 0 aromatic heterocycles. The molecule has 1 fully saturated rings. The largest absolute Gasteiger partial charge is 0.364 e. The average Bonchev–Trinajstić information content (AvgIpc) is 3.11. The molecule has 3 aliphatic heterocycles. The van der Waals surface area contributed by atoms with E-state index in [-0.39, 0.29) is 11.9 Å². The molecule has 0 aliphatic carbocycles. The summed E-state index contributed by atoms with van der Waals surface area (Å²) in [7, 11) is 0. The van der Waals surface area contributed by atoms with Gasteiger partial charge in [0.2, 0.25) is 0 Å². The second kappa shape index (κ2) is 8.36. The topological polar surface area (TPSA) is 39.2 Å². The van der Waals surface area contributed by atoms with E-state index in [1.165, 1.54) is 16.8 Å². The van der Waals surface area contributed by atoms with Crippen molar-refractivity contribution in [2.45, 2.75) is 25.9 Å². The average molecular weight is 515 g/mol. The minimum absolute atomic E-state index is 0.0311. The van der Waals surface area contributed by atoms with E-state index in [4.69, 9.17) is 5.10 Å². The van der Waals surface area contributed by atoms with E-state index in [0.29, 0.717) is 6.42 Å². The van der Waals surface area contributed by atoms with Crippen LogP contribution < -0.4 is 9.91 Å². The Bertz CT molecular complexity index is 1260. The van der Waals surface area contributed by atoms with Crippen LogP contribution in [0.4, 0.5) is 11.4 Å². The monoisotopic (exact) mass is 514 g/mol. The van der Waals surface area contributed by atoms with E-state index in [0.717, 1.165) is 42.1 Å². The Balaban J connectivity index is 1.41. The molecule has 3 heterocycles. The standard InChI is InChI=1S/C28H27BrN4O/c1-20-28(27(34)33(30-20)24-10-6-3-7-11-24)17-22-16-23(29)12-13-25(22)32-15-14-31(19-26(28)32)18-21-8-4-2-5-9-21/h2-13,16,26H,14-15,17-19H2,1H3. The maximum absolute atomic E-state index is 14.3. The highest BCUT2D eigenvalue weighted by atomic mass is 79.9. The Hall–Kier alpha value is -2.96. The van der Waals surface area contributed by atoms with E-state index in [2.05, 4.69) is 74.3 Å². The summed E-state index contributed by atoms with van der Waals surface area (Å²) in [5.74, 6) is 0.0818. The molecule has 6 heteroatoms. The maximum atomic E-state index is 14.3. The van der Waals surface area contributed by atoms with E-state index in [1.807, 2.05) is 37.3 Å². The van der Waals surface area contributed by atoms with E-state index in [1.54, 1.807) is 5.01 Å². The van der Waals surface area contributed by atoms with Crippen molar-refractivity contribution >= 4 is 38.9 Å². The first kappa shape index (κ1) is 21.6. The molecule has 3 aliphatic rings. The molecule has 0 bridgehead atoms. The lowest BCUT2D eigenvalue weighted by Crippen LogP contribution is -2.66. The van der Waals surface area contributed by atoms with Crippen molar-refractivity contribution in [3.05, 3.63) is 94.5 Å². The number of carbonyl (C=O) groups excluding carboxylic acids is 1. The van der Waals surface area contributed by atoms with Crippen molar-refractivity contribution < 1.29 is 4.79 Å². The Morgan fingerprint density at radius 1 is 1.00 bits per heavy atom. The summed E-state index contributed by atoms with van der Waals surface area (Å²) >= 11 is 3.65. The molecule has 34 heavy (non-hydrogen) atoms. The van der Waals surface area contributed by atoms with Crippen molar-refractivity contribution in [2.75, 3.05) is 29.5 Å². The van der Waals surface area contributed by atoms with Gasteiger partial charge in [0.05, 0.1) is 17.4 Å². The number of amides is 1. The molecule has 0 saturated carbocycles. The predicted octanol–water partition coefficient (Wildman–Crippen LogP) is 5.11. The van der Waals surface area contributed by atoms with Gasteiger partial charge in [-0.15, -0.1) is 0 Å². The highest BCUT2D eigenvalue weighted by Crippen LogP contribution is 2.48. The Morgan fingerprint density at radius 2 is 1.74 bits per heavy atom. The third kappa shape index (κ3) is 3.39. The van der Waals surface area contributed by atoms with Gasteiger partial charge in [-0.1, -0.05) is 64.5 Å². The minimum atomic E-state index is -0.682. The second-order valence-corrected chi connectivity index (χ2v) is 10.4. The fourth-order valence-electron chi connectivity index (χ4n) is 5.89. The number of hydrogen-bond donors (Lipinski definition) is 0. The summed E-state index contributed by atoms with van der Waals surface area (Å²) in [6, 6.07) is 26.9. The number of benzene rings is 3. The van der Waals surface area contributed by atoms with Crippen LogP contribution in [0.3, 0.4) is 0 Å². The van der Waals surface area contributed by atoms with Crippen LogP contribution in [-0.2, 0) is 17.8 Å². The SMILES string of the molecule is CC1=NN(c2ccccc2)C(=O)C12Cc1cc(Br)ccc1N1CCN(Cc3ccccc3)CC12. The summed E-state index contributed by atoms with van der Waals surface area (Å²) in [5, 5.41) is 6.49. The predicted molar refractivity (Wildman–Crippen MR) is 140 cm³/mol. The molecule has 5 nitrogen and oxygen atoms in total. The van der Waals surface area contributed by atoms with Gasteiger partial charge in [-0.05, 0) is 54.8 Å². The maximum Gasteiger partial charge on any atom is 0.261 e. The van der Waals surface area contributed by atoms with Crippen LogP contribution in [0.15, 0.2) is 88.4 Å². The lowest BCUT2D eigenvalue weighted by Gasteiger charge is -2.53. The Kier molecular flexibility index (Phi) is 5.30. The van der Waals surface area contributed by atoms with Crippen molar-refractivity contribution in [3.8, 4) is 0 Å². The second-order valence-electron chi connectivity index (χ2n) is 9.49. The lowest BCUT2D eigenvalue weighted by molar-refractivity contribution is -0.125. The van der Waals surface area contributed by atoms with Crippen LogP contribution in [-0.4, -0.2) is 42.2 Å². The van der Waals surface area contributed by atoms with Gasteiger partial charge >= 0.3 is 0 Å². The molecule has 172 valence electrons. The van der Waals surface area contributed by atoms with Crippen LogP contribution in [0.2, 0.25) is 0 Å². The molecule has 6 rings (SSSR count). The van der Waals surface area contributed by atoms with E-state index >= 15 is 0 Å². The Labute approximate surface area is 208 Å². The first-order valence-electron chi connectivity index (χ1n) is 11.8. The van der Waals surface area contributed by atoms with Gasteiger partial charge in [-0.2, -0.15) is 10.1 Å². The number of rotatable bonds is 3. The lowest BCUT2D eigenvalue weighted by atomic mass is 9.67. The normalized spacial score (nSPS) is 24.2. The molecule has 3 aromatic carbocycles. The van der Waals surface area contributed by atoms with Gasteiger partial charge in [0.25, 0.3) is 5.91 Å². The number of piperazine rings is 1. The number of nitrogens with zero attached hydrogens (tertiary/aromatic N) is 4. The van der Waals surface area contributed by atoms with Gasteiger partial charge < -0.3 is 4.90 Å². The highest BCUT2D eigenvalue weighted by molar-refractivity contribution is 9.10. The molecule has 2 unspecified atom stereocenters. The fourth-order valence-corrected chi connectivity index (χ4v) is 6.30. The first-order chi connectivity index (χ1) is 16.6. The van der Waals surface area contributed by atoms with E-state index in [9.17, 15) is 4.79 Å². The number of fused-ring (bicyclic) bond motifs is 4. The van der Waals surface area contributed by atoms with Gasteiger partial charge in [0.15, 0.2) is 0 Å². The zero-order valence-corrected chi connectivity index (χ0v) is 20.8. The molecular weight excluding hydrogens is 488 g/mol. The minimum Gasteiger partial charge on any atom is -0.364 e. The fraction of sp³-hybridized carbons (Fsp3) is 0.286. The van der Waals surface area contributed by atoms with Crippen molar-refractivity contribution in [1.29, 1.82) is 0 Å². The molecule has 1 spiro atoms. The van der Waals surface area contributed by atoms with Crippen LogP contribution in [0, 0.1) is 5.41 Å². The summed E-state index contributed by atoms with van der Waals surface area (Å²) in [6.45, 7) is 5.61. The zero-order chi connectivity index (χ0) is 23.3. The molecular formula is C28H27BrN4O.